The van der Waals surface area contributed by atoms with Gasteiger partial charge in [-0.15, -0.1) is 0 Å². The average Bonchev–Trinajstić information content (AvgIpc) is 2.35. The minimum atomic E-state index is -0.600. The quantitative estimate of drug-likeness (QED) is 0.763. The maximum absolute atomic E-state index is 11.5. The van der Waals surface area contributed by atoms with E-state index in [0.717, 1.165) is 0 Å². The first-order valence-electron chi connectivity index (χ1n) is 4.70. The van der Waals surface area contributed by atoms with Gasteiger partial charge < -0.3 is 9.47 Å². The molecule has 92 valence electrons. The molecule has 0 aliphatic heterocycles. The Hall–Kier alpha value is -1.75. The second-order valence-electron chi connectivity index (χ2n) is 3.18. The van der Waals surface area contributed by atoms with Crippen molar-refractivity contribution in [2.45, 2.75) is 0 Å². The van der Waals surface area contributed by atoms with Gasteiger partial charge in [-0.3, -0.25) is 4.90 Å². The summed E-state index contributed by atoms with van der Waals surface area (Å²) in [6.07, 6.45) is -0.600. The van der Waals surface area contributed by atoms with Crippen LogP contribution < -0.4 is 4.90 Å². The first kappa shape index (κ1) is 13.3. The number of methoxy groups -OCH3 is 2. The third-order valence-corrected chi connectivity index (χ3v) is 2.41. The van der Waals surface area contributed by atoms with Gasteiger partial charge in [-0.1, -0.05) is 11.6 Å². The lowest BCUT2D eigenvalue weighted by Gasteiger charge is -2.18. The number of hydrogen-bond acceptors (Lipinski definition) is 4. The van der Waals surface area contributed by atoms with Gasteiger partial charge >= 0.3 is 12.1 Å². The van der Waals surface area contributed by atoms with Crippen molar-refractivity contribution >= 4 is 29.4 Å². The van der Waals surface area contributed by atoms with Gasteiger partial charge in [0.25, 0.3) is 0 Å². The van der Waals surface area contributed by atoms with Gasteiger partial charge in [0.15, 0.2) is 0 Å². The van der Waals surface area contributed by atoms with E-state index in [4.69, 9.17) is 11.6 Å². The number of ether oxygens (including phenoxy) is 2. The zero-order valence-corrected chi connectivity index (χ0v) is 10.4. The number of halogens is 1. The summed E-state index contributed by atoms with van der Waals surface area (Å²) in [7, 11) is 3.99. The van der Waals surface area contributed by atoms with Crippen LogP contribution >= 0.6 is 11.6 Å². The van der Waals surface area contributed by atoms with Crippen molar-refractivity contribution in [3.05, 3.63) is 28.8 Å². The number of esters is 1. The Morgan fingerprint density at radius 3 is 2.41 bits per heavy atom. The van der Waals surface area contributed by atoms with Gasteiger partial charge in [0.1, 0.15) is 0 Å². The number of nitrogens with zero attached hydrogens (tertiary/aromatic N) is 1. The molecule has 6 heteroatoms. The highest BCUT2D eigenvalue weighted by atomic mass is 35.5. The second-order valence-corrected chi connectivity index (χ2v) is 3.62. The van der Waals surface area contributed by atoms with Gasteiger partial charge in [0, 0.05) is 12.1 Å². The van der Waals surface area contributed by atoms with Crippen LogP contribution in [0.5, 0.6) is 0 Å². The highest BCUT2D eigenvalue weighted by Crippen LogP contribution is 2.25. The van der Waals surface area contributed by atoms with E-state index in [1.807, 2.05) is 0 Å². The van der Waals surface area contributed by atoms with Crippen molar-refractivity contribution < 1.29 is 19.1 Å². The largest absolute Gasteiger partial charge is 0.465 e. The maximum atomic E-state index is 11.5. The Balaban J connectivity index is 3.24. The van der Waals surface area contributed by atoms with E-state index in [1.165, 1.54) is 38.3 Å². The summed E-state index contributed by atoms with van der Waals surface area (Å²) in [6, 6.07) is 4.52. The number of carbonyl (C=O) groups is 2. The molecule has 1 aromatic rings. The predicted octanol–water partition coefficient (Wildman–Crippen LogP) is 2.33. The molecule has 0 spiro atoms. The molecule has 0 aromatic heterocycles. The van der Waals surface area contributed by atoms with Crippen LogP contribution in [-0.2, 0) is 9.47 Å². The molecule has 0 aliphatic rings. The second kappa shape index (κ2) is 5.54. The predicted molar refractivity (Wildman–Crippen MR) is 63.6 cm³/mol. The zero-order valence-electron chi connectivity index (χ0n) is 9.69. The fourth-order valence-electron chi connectivity index (χ4n) is 1.30. The molecule has 1 aromatic carbocycles. The van der Waals surface area contributed by atoms with Crippen LogP contribution in [0.4, 0.5) is 10.5 Å². The van der Waals surface area contributed by atoms with Crippen molar-refractivity contribution in [3.63, 3.8) is 0 Å². The van der Waals surface area contributed by atoms with Crippen LogP contribution in [0, 0.1) is 0 Å². The Morgan fingerprint density at radius 1 is 1.24 bits per heavy atom. The Kier molecular flexibility index (Phi) is 4.34. The number of carbonyl (C=O) groups excluding carboxylic acids is 2. The fourth-order valence-corrected chi connectivity index (χ4v) is 1.47. The molecular weight excluding hydrogens is 246 g/mol. The molecule has 0 unspecified atom stereocenters. The standard InChI is InChI=1S/C11H12ClNO4/c1-13(11(15)17-3)9-6-7(12)4-5-8(9)10(14)16-2/h4-6H,1-3H3. The fraction of sp³-hybridized carbons (Fsp3) is 0.273. The minimum absolute atomic E-state index is 0.241. The molecule has 0 saturated carbocycles. The summed E-state index contributed by atoms with van der Waals surface area (Å²) in [5.41, 5.74) is 0.570. The van der Waals surface area contributed by atoms with E-state index in [2.05, 4.69) is 9.47 Å². The maximum Gasteiger partial charge on any atom is 0.413 e. The van der Waals surface area contributed by atoms with E-state index in [0.29, 0.717) is 10.7 Å². The normalized spacial score (nSPS) is 9.65. The third-order valence-electron chi connectivity index (χ3n) is 2.17. The van der Waals surface area contributed by atoms with E-state index < -0.39 is 12.1 Å². The minimum Gasteiger partial charge on any atom is -0.465 e. The monoisotopic (exact) mass is 257 g/mol. The Bertz CT molecular complexity index is 447. The van der Waals surface area contributed by atoms with Gasteiger partial charge in [-0.2, -0.15) is 0 Å². The molecule has 0 saturated heterocycles. The molecule has 0 heterocycles. The van der Waals surface area contributed by atoms with Crippen LogP contribution in [0.1, 0.15) is 10.4 Å². The van der Waals surface area contributed by atoms with Crippen molar-refractivity contribution in [1.29, 1.82) is 0 Å². The molecule has 17 heavy (non-hydrogen) atoms. The van der Waals surface area contributed by atoms with Crippen LogP contribution in [-0.4, -0.2) is 33.3 Å². The molecule has 0 radical (unpaired) electrons. The summed E-state index contributed by atoms with van der Waals surface area (Å²) < 4.78 is 9.19. The SMILES string of the molecule is COC(=O)c1ccc(Cl)cc1N(C)C(=O)OC. The number of amides is 1. The number of rotatable bonds is 2. The van der Waals surface area contributed by atoms with E-state index >= 15 is 0 Å². The number of hydrogen-bond donors (Lipinski definition) is 0. The summed E-state index contributed by atoms with van der Waals surface area (Å²) in [5, 5.41) is 0.406. The highest BCUT2D eigenvalue weighted by Gasteiger charge is 2.19. The summed E-state index contributed by atoms with van der Waals surface area (Å²) in [6.45, 7) is 0. The number of benzene rings is 1. The third kappa shape index (κ3) is 2.88. The van der Waals surface area contributed by atoms with Gasteiger partial charge in [-0.05, 0) is 18.2 Å². The molecule has 0 fully saturated rings. The first-order chi connectivity index (χ1) is 8.01. The smallest absolute Gasteiger partial charge is 0.413 e. The first-order valence-corrected chi connectivity index (χ1v) is 5.08. The molecule has 0 bridgehead atoms. The molecule has 5 nitrogen and oxygen atoms in total. The molecule has 1 rings (SSSR count). The lowest BCUT2D eigenvalue weighted by atomic mass is 10.1. The number of anilines is 1. The Morgan fingerprint density at radius 2 is 1.88 bits per heavy atom. The van der Waals surface area contributed by atoms with E-state index in [1.54, 1.807) is 6.07 Å². The average molecular weight is 258 g/mol. The van der Waals surface area contributed by atoms with E-state index in [9.17, 15) is 9.59 Å². The molecule has 1 amide bonds. The molecule has 0 aliphatic carbocycles. The van der Waals surface area contributed by atoms with Gasteiger partial charge in [0.2, 0.25) is 0 Å². The summed E-state index contributed by atoms with van der Waals surface area (Å²) in [4.78, 5) is 24.1. The lowest BCUT2D eigenvalue weighted by molar-refractivity contribution is 0.0601. The van der Waals surface area contributed by atoms with Gasteiger partial charge in [0.05, 0.1) is 25.5 Å². The van der Waals surface area contributed by atoms with Crippen LogP contribution in [0.2, 0.25) is 5.02 Å². The molecule has 0 N–H and O–H groups in total. The van der Waals surface area contributed by atoms with E-state index in [-0.39, 0.29) is 5.56 Å². The van der Waals surface area contributed by atoms with Crippen LogP contribution in [0.15, 0.2) is 18.2 Å². The van der Waals surface area contributed by atoms with Crippen molar-refractivity contribution in [2.24, 2.45) is 0 Å². The summed E-state index contributed by atoms with van der Waals surface area (Å²) in [5.74, 6) is -0.549. The van der Waals surface area contributed by atoms with Crippen molar-refractivity contribution in [1.82, 2.24) is 0 Å². The Labute approximate surface area is 104 Å². The summed E-state index contributed by atoms with van der Waals surface area (Å²) >= 11 is 5.83. The molecule has 0 atom stereocenters. The zero-order chi connectivity index (χ0) is 13.0. The van der Waals surface area contributed by atoms with Crippen LogP contribution in [0.25, 0.3) is 0 Å². The topological polar surface area (TPSA) is 55.8 Å². The highest BCUT2D eigenvalue weighted by molar-refractivity contribution is 6.31. The van der Waals surface area contributed by atoms with Gasteiger partial charge in [-0.25, -0.2) is 9.59 Å². The van der Waals surface area contributed by atoms with Crippen molar-refractivity contribution in [2.75, 3.05) is 26.2 Å². The van der Waals surface area contributed by atoms with Crippen LogP contribution in [0.3, 0.4) is 0 Å². The van der Waals surface area contributed by atoms with Crippen molar-refractivity contribution in [3.8, 4) is 0 Å². The molecular formula is C11H12ClNO4. The lowest BCUT2D eigenvalue weighted by Crippen LogP contribution is -2.27.